The first-order valence-electron chi connectivity index (χ1n) is 7.09. The fraction of sp³-hybridized carbons (Fsp3) is 0.667. The van der Waals surface area contributed by atoms with Gasteiger partial charge in [-0.1, -0.05) is 20.8 Å². The summed E-state index contributed by atoms with van der Waals surface area (Å²) in [5.74, 6) is 0.107. The maximum absolute atomic E-state index is 12.6. The van der Waals surface area contributed by atoms with Crippen molar-refractivity contribution in [1.29, 1.82) is 0 Å². The van der Waals surface area contributed by atoms with Crippen molar-refractivity contribution in [2.45, 2.75) is 40.7 Å². The topological polar surface area (TPSA) is 51.3 Å². The zero-order valence-corrected chi connectivity index (χ0v) is 12.6. The number of nitrogens with two attached hydrogens (primary N) is 1. The van der Waals surface area contributed by atoms with Gasteiger partial charge in [0.05, 0.1) is 0 Å². The largest absolute Gasteiger partial charge is 0.344 e. The van der Waals surface area contributed by atoms with E-state index in [-0.39, 0.29) is 11.3 Å². The zero-order valence-electron chi connectivity index (χ0n) is 12.6. The third-order valence-corrected chi connectivity index (χ3v) is 3.34. The summed E-state index contributed by atoms with van der Waals surface area (Å²) in [5, 5.41) is 0. The Morgan fingerprint density at radius 2 is 2.11 bits per heavy atom. The molecule has 0 spiro atoms. The number of hydrogen-bond acceptors (Lipinski definition) is 2. The second kappa shape index (κ2) is 6.75. The molecule has 1 amide bonds. The van der Waals surface area contributed by atoms with Gasteiger partial charge in [0.15, 0.2) is 0 Å². The standard InChI is InChI=1S/C15H27N3O/c1-5-9-18(12-15(3,4)11-16)14(19)13-8-7-10-17(13)6-2/h7-8,10H,5-6,9,11-12,16H2,1-4H3. The van der Waals surface area contributed by atoms with Crippen LogP contribution in [0.1, 0.15) is 44.6 Å². The van der Waals surface area contributed by atoms with E-state index in [4.69, 9.17) is 5.73 Å². The van der Waals surface area contributed by atoms with Crippen LogP contribution >= 0.6 is 0 Å². The maximum Gasteiger partial charge on any atom is 0.270 e. The van der Waals surface area contributed by atoms with Gasteiger partial charge in [-0.25, -0.2) is 0 Å². The van der Waals surface area contributed by atoms with Crippen LogP contribution in [0.5, 0.6) is 0 Å². The molecule has 0 bridgehead atoms. The first-order chi connectivity index (χ1) is 8.95. The average Bonchev–Trinajstić information content (AvgIpc) is 2.85. The first kappa shape index (κ1) is 15.8. The molecule has 4 nitrogen and oxygen atoms in total. The van der Waals surface area contributed by atoms with Gasteiger partial charge in [-0.2, -0.15) is 0 Å². The summed E-state index contributed by atoms with van der Waals surface area (Å²) in [6, 6.07) is 3.82. The minimum absolute atomic E-state index is 0.0472. The Balaban J connectivity index is 2.90. The highest BCUT2D eigenvalue weighted by Crippen LogP contribution is 2.17. The van der Waals surface area contributed by atoms with Crippen LogP contribution in [0.2, 0.25) is 0 Å². The Labute approximate surface area is 116 Å². The van der Waals surface area contributed by atoms with Crippen molar-refractivity contribution in [3.8, 4) is 0 Å². The van der Waals surface area contributed by atoms with E-state index >= 15 is 0 Å². The fourth-order valence-corrected chi connectivity index (χ4v) is 2.15. The Morgan fingerprint density at radius 1 is 1.42 bits per heavy atom. The molecule has 0 radical (unpaired) electrons. The van der Waals surface area contributed by atoms with Crippen molar-refractivity contribution >= 4 is 5.91 Å². The van der Waals surface area contributed by atoms with Crippen LogP contribution in [-0.4, -0.2) is 35.0 Å². The predicted molar refractivity (Wildman–Crippen MR) is 79.1 cm³/mol. The lowest BCUT2D eigenvalue weighted by molar-refractivity contribution is 0.0678. The fourth-order valence-electron chi connectivity index (χ4n) is 2.15. The molecule has 0 saturated heterocycles. The molecule has 1 rings (SSSR count). The van der Waals surface area contributed by atoms with E-state index in [1.54, 1.807) is 0 Å². The number of hydrogen-bond donors (Lipinski definition) is 1. The molecule has 2 N–H and O–H groups in total. The second-order valence-electron chi connectivity index (χ2n) is 5.77. The molecule has 0 saturated carbocycles. The number of nitrogens with zero attached hydrogens (tertiary/aromatic N) is 2. The number of carbonyl (C=O) groups excluding carboxylic acids is 1. The SMILES string of the molecule is CCCN(CC(C)(C)CN)C(=O)c1cccn1CC. The smallest absolute Gasteiger partial charge is 0.270 e. The molecular weight excluding hydrogens is 238 g/mol. The maximum atomic E-state index is 12.6. The van der Waals surface area contributed by atoms with Crippen LogP contribution in [0.25, 0.3) is 0 Å². The minimum Gasteiger partial charge on any atom is -0.344 e. The van der Waals surface area contributed by atoms with Crippen molar-refractivity contribution in [1.82, 2.24) is 9.47 Å². The van der Waals surface area contributed by atoms with Gasteiger partial charge in [-0.3, -0.25) is 4.79 Å². The van der Waals surface area contributed by atoms with Gasteiger partial charge in [0, 0.05) is 25.8 Å². The van der Waals surface area contributed by atoms with Crippen LogP contribution in [0, 0.1) is 5.41 Å². The summed E-state index contributed by atoms with van der Waals surface area (Å²) < 4.78 is 1.99. The van der Waals surface area contributed by atoms with Crippen LogP contribution < -0.4 is 5.73 Å². The van der Waals surface area contributed by atoms with E-state index in [9.17, 15) is 4.79 Å². The molecule has 1 aromatic rings. The van der Waals surface area contributed by atoms with Gasteiger partial charge in [0.25, 0.3) is 5.91 Å². The van der Waals surface area contributed by atoms with E-state index < -0.39 is 0 Å². The van der Waals surface area contributed by atoms with Gasteiger partial charge in [0.2, 0.25) is 0 Å². The molecule has 108 valence electrons. The molecule has 1 aromatic heterocycles. The molecule has 0 aromatic carbocycles. The Morgan fingerprint density at radius 3 is 2.63 bits per heavy atom. The molecule has 0 aliphatic carbocycles. The molecule has 0 aliphatic rings. The molecule has 0 unspecified atom stereocenters. The highest BCUT2D eigenvalue weighted by molar-refractivity contribution is 5.92. The summed E-state index contributed by atoms with van der Waals surface area (Å²) >= 11 is 0. The van der Waals surface area contributed by atoms with Crippen LogP contribution in [-0.2, 0) is 6.54 Å². The lowest BCUT2D eigenvalue weighted by atomic mass is 9.93. The summed E-state index contributed by atoms with van der Waals surface area (Å²) in [5.41, 5.74) is 6.50. The monoisotopic (exact) mass is 265 g/mol. The van der Waals surface area contributed by atoms with Gasteiger partial charge >= 0.3 is 0 Å². The Bertz CT molecular complexity index is 409. The van der Waals surface area contributed by atoms with Gasteiger partial charge < -0.3 is 15.2 Å². The van der Waals surface area contributed by atoms with Crippen LogP contribution in [0.3, 0.4) is 0 Å². The second-order valence-corrected chi connectivity index (χ2v) is 5.77. The van der Waals surface area contributed by atoms with Gasteiger partial charge in [-0.05, 0) is 37.4 Å². The van der Waals surface area contributed by atoms with Gasteiger partial charge in [0.1, 0.15) is 5.69 Å². The highest BCUT2D eigenvalue weighted by Gasteiger charge is 2.25. The molecule has 0 aliphatic heterocycles. The molecule has 0 atom stereocenters. The highest BCUT2D eigenvalue weighted by atomic mass is 16.2. The minimum atomic E-state index is -0.0472. The number of amides is 1. The lowest BCUT2D eigenvalue weighted by Gasteiger charge is -2.32. The Kier molecular flexibility index (Phi) is 5.60. The van der Waals surface area contributed by atoms with E-state index in [1.807, 2.05) is 34.7 Å². The van der Waals surface area contributed by atoms with Crippen molar-refractivity contribution < 1.29 is 4.79 Å². The third kappa shape index (κ3) is 4.10. The van der Waals surface area contributed by atoms with Crippen LogP contribution in [0.15, 0.2) is 18.3 Å². The van der Waals surface area contributed by atoms with E-state index in [2.05, 4.69) is 20.8 Å². The average molecular weight is 265 g/mol. The molecule has 19 heavy (non-hydrogen) atoms. The quantitative estimate of drug-likeness (QED) is 0.822. The molecule has 0 fully saturated rings. The molecule has 4 heteroatoms. The Hall–Kier alpha value is -1.29. The first-order valence-corrected chi connectivity index (χ1v) is 7.09. The molecule has 1 heterocycles. The van der Waals surface area contributed by atoms with Crippen molar-refractivity contribution in [3.05, 3.63) is 24.0 Å². The van der Waals surface area contributed by atoms with Crippen molar-refractivity contribution in [2.75, 3.05) is 19.6 Å². The summed E-state index contributed by atoms with van der Waals surface area (Å²) in [4.78, 5) is 14.6. The van der Waals surface area contributed by atoms with E-state index in [0.29, 0.717) is 13.1 Å². The van der Waals surface area contributed by atoms with E-state index in [1.165, 1.54) is 0 Å². The predicted octanol–water partition coefficient (Wildman–Crippen LogP) is 2.35. The summed E-state index contributed by atoms with van der Waals surface area (Å²) in [7, 11) is 0. The summed E-state index contributed by atoms with van der Waals surface area (Å²) in [6.07, 6.45) is 2.91. The zero-order chi connectivity index (χ0) is 14.5. The van der Waals surface area contributed by atoms with Crippen LogP contribution in [0.4, 0.5) is 0 Å². The van der Waals surface area contributed by atoms with Crippen molar-refractivity contribution in [3.63, 3.8) is 0 Å². The third-order valence-electron chi connectivity index (χ3n) is 3.34. The van der Waals surface area contributed by atoms with Gasteiger partial charge in [-0.15, -0.1) is 0 Å². The number of rotatable bonds is 7. The number of aromatic nitrogens is 1. The normalized spacial score (nSPS) is 11.6. The number of aryl methyl sites for hydroxylation is 1. The molecular formula is C15H27N3O. The number of carbonyl (C=O) groups is 1. The lowest BCUT2D eigenvalue weighted by Crippen LogP contribution is -2.43. The van der Waals surface area contributed by atoms with Crippen molar-refractivity contribution in [2.24, 2.45) is 11.1 Å². The van der Waals surface area contributed by atoms with E-state index in [0.717, 1.165) is 25.2 Å². The summed E-state index contributed by atoms with van der Waals surface area (Å²) in [6.45, 7) is 11.2.